The molecule has 5 heteroatoms. The maximum Gasteiger partial charge on any atom is 0.340 e. The second-order valence-electron chi connectivity index (χ2n) is 3.95. The van der Waals surface area contributed by atoms with E-state index in [1.54, 1.807) is 12.1 Å². The van der Waals surface area contributed by atoms with E-state index in [0.29, 0.717) is 24.5 Å². The lowest BCUT2D eigenvalue weighted by Crippen LogP contribution is -2.26. The Morgan fingerprint density at radius 1 is 1.41 bits per heavy atom. The molecule has 0 spiro atoms. The molecule has 1 heterocycles. The quantitative estimate of drug-likeness (QED) is 0.506. The summed E-state index contributed by atoms with van der Waals surface area (Å²) in [4.78, 5) is 11.9. The van der Waals surface area contributed by atoms with Gasteiger partial charge in [-0.3, -0.25) is 0 Å². The summed E-state index contributed by atoms with van der Waals surface area (Å²) < 4.78 is 11.6. The van der Waals surface area contributed by atoms with Crippen molar-refractivity contribution in [3.05, 3.63) is 27.3 Å². The minimum atomic E-state index is -0.340. The van der Waals surface area contributed by atoms with Crippen molar-refractivity contribution in [2.45, 2.75) is 18.9 Å². The summed E-state index contributed by atoms with van der Waals surface area (Å²) >= 11 is 2.14. The lowest BCUT2D eigenvalue weighted by molar-refractivity contribution is -0.0158. The van der Waals surface area contributed by atoms with Gasteiger partial charge in [-0.2, -0.15) is 0 Å². The number of benzene rings is 1. The first-order chi connectivity index (χ1) is 8.16. The van der Waals surface area contributed by atoms with Crippen LogP contribution in [0.15, 0.2) is 18.2 Å². The van der Waals surface area contributed by atoms with E-state index in [2.05, 4.69) is 22.6 Å². The van der Waals surface area contributed by atoms with Crippen LogP contribution in [0.1, 0.15) is 23.2 Å². The predicted molar refractivity (Wildman–Crippen MR) is 72.8 cm³/mol. The lowest BCUT2D eigenvalue weighted by Gasteiger charge is -2.22. The van der Waals surface area contributed by atoms with Gasteiger partial charge in [0.15, 0.2) is 0 Å². The van der Waals surface area contributed by atoms with Crippen molar-refractivity contribution in [2.75, 3.05) is 18.9 Å². The lowest BCUT2D eigenvalue weighted by atomic mass is 10.1. The summed E-state index contributed by atoms with van der Waals surface area (Å²) in [6.07, 6.45) is 1.47. The number of esters is 1. The van der Waals surface area contributed by atoms with Crippen molar-refractivity contribution in [3.8, 4) is 0 Å². The third-order valence-electron chi connectivity index (χ3n) is 2.68. The van der Waals surface area contributed by atoms with Gasteiger partial charge in [0.25, 0.3) is 0 Å². The van der Waals surface area contributed by atoms with E-state index in [4.69, 9.17) is 15.2 Å². The van der Waals surface area contributed by atoms with Crippen molar-refractivity contribution < 1.29 is 14.3 Å². The Morgan fingerprint density at radius 3 is 2.82 bits per heavy atom. The fourth-order valence-electron chi connectivity index (χ4n) is 1.71. The van der Waals surface area contributed by atoms with Crippen LogP contribution < -0.4 is 5.73 Å². The Bertz CT molecular complexity index is 416. The fourth-order valence-corrected chi connectivity index (χ4v) is 2.21. The van der Waals surface area contributed by atoms with Gasteiger partial charge in [0.2, 0.25) is 0 Å². The number of ether oxygens (including phenoxy) is 2. The van der Waals surface area contributed by atoms with Crippen molar-refractivity contribution in [1.29, 1.82) is 0 Å². The average molecular weight is 347 g/mol. The van der Waals surface area contributed by atoms with Crippen molar-refractivity contribution in [2.24, 2.45) is 0 Å². The molecule has 0 aromatic heterocycles. The van der Waals surface area contributed by atoms with Gasteiger partial charge in [0.1, 0.15) is 6.10 Å². The molecule has 1 aromatic rings. The van der Waals surface area contributed by atoms with Crippen molar-refractivity contribution in [1.82, 2.24) is 0 Å². The molecular weight excluding hydrogens is 333 g/mol. The number of carbonyl (C=O) groups excluding carboxylic acids is 1. The zero-order chi connectivity index (χ0) is 12.3. The van der Waals surface area contributed by atoms with Crippen LogP contribution in [-0.2, 0) is 9.47 Å². The second-order valence-corrected chi connectivity index (χ2v) is 5.19. The Kier molecular flexibility index (Phi) is 4.22. The minimum absolute atomic E-state index is 0.0477. The van der Waals surface area contributed by atoms with Gasteiger partial charge in [0.05, 0.1) is 18.8 Å². The number of nitrogens with two attached hydrogens (primary N) is 1. The molecule has 17 heavy (non-hydrogen) atoms. The van der Waals surface area contributed by atoms with Gasteiger partial charge in [-0.1, -0.05) is 0 Å². The zero-order valence-corrected chi connectivity index (χ0v) is 11.5. The summed E-state index contributed by atoms with van der Waals surface area (Å²) in [5, 5.41) is 0. The van der Waals surface area contributed by atoms with Crippen LogP contribution in [-0.4, -0.2) is 25.3 Å². The van der Waals surface area contributed by atoms with Gasteiger partial charge >= 0.3 is 5.97 Å². The number of anilines is 1. The Hall–Kier alpha value is -0.820. The monoisotopic (exact) mass is 347 g/mol. The van der Waals surface area contributed by atoms with Crippen LogP contribution in [0, 0.1) is 3.57 Å². The fraction of sp³-hybridized carbons (Fsp3) is 0.417. The normalized spacial score (nSPS) is 16.8. The van der Waals surface area contributed by atoms with Crippen LogP contribution >= 0.6 is 22.6 Å². The van der Waals surface area contributed by atoms with E-state index >= 15 is 0 Å². The number of halogens is 1. The van der Waals surface area contributed by atoms with Crippen LogP contribution in [0.25, 0.3) is 0 Å². The molecule has 1 aliphatic heterocycles. The molecule has 0 saturated carbocycles. The molecule has 0 aliphatic carbocycles. The van der Waals surface area contributed by atoms with E-state index in [0.717, 1.165) is 16.4 Å². The van der Waals surface area contributed by atoms with E-state index in [-0.39, 0.29) is 12.1 Å². The van der Waals surface area contributed by atoms with Crippen LogP contribution in [0.5, 0.6) is 0 Å². The SMILES string of the molecule is Nc1ccc(I)cc1C(=O)OC1CCOCC1. The van der Waals surface area contributed by atoms with E-state index < -0.39 is 0 Å². The Labute approximate surface area is 114 Å². The molecule has 0 amide bonds. The molecule has 1 aromatic carbocycles. The molecule has 0 unspecified atom stereocenters. The first kappa shape index (κ1) is 12.6. The number of rotatable bonds is 2. The third kappa shape index (κ3) is 3.32. The first-order valence-corrected chi connectivity index (χ1v) is 6.58. The highest BCUT2D eigenvalue weighted by Gasteiger charge is 2.20. The van der Waals surface area contributed by atoms with E-state index in [1.165, 1.54) is 0 Å². The number of hydrogen-bond acceptors (Lipinski definition) is 4. The molecule has 1 fully saturated rings. The first-order valence-electron chi connectivity index (χ1n) is 5.50. The summed E-state index contributed by atoms with van der Waals surface area (Å²) in [6, 6.07) is 5.33. The molecule has 92 valence electrons. The van der Waals surface area contributed by atoms with Gasteiger partial charge in [-0.05, 0) is 40.8 Å². The molecule has 1 saturated heterocycles. The Balaban J connectivity index is 2.05. The number of nitrogen functional groups attached to an aromatic ring is 1. The molecule has 2 rings (SSSR count). The smallest absolute Gasteiger partial charge is 0.340 e. The maximum absolute atomic E-state index is 11.9. The van der Waals surface area contributed by atoms with E-state index in [9.17, 15) is 4.79 Å². The average Bonchev–Trinajstić information content (AvgIpc) is 2.33. The molecular formula is C12H14INO3. The van der Waals surface area contributed by atoms with Gasteiger partial charge in [-0.15, -0.1) is 0 Å². The largest absolute Gasteiger partial charge is 0.459 e. The van der Waals surface area contributed by atoms with Crippen molar-refractivity contribution >= 4 is 34.2 Å². The summed E-state index contributed by atoms with van der Waals surface area (Å²) in [7, 11) is 0. The molecule has 4 nitrogen and oxygen atoms in total. The highest BCUT2D eigenvalue weighted by molar-refractivity contribution is 14.1. The third-order valence-corrected chi connectivity index (χ3v) is 3.35. The highest BCUT2D eigenvalue weighted by Crippen LogP contribution is 2.19. The summed E-state index contributed by atoms with van der Waals surface area (Å²) in [5.74, 6) is -0.340. The molecule has 2 N–H and O–H groups in total. The van der Waals surface area contributed by atoms with Crippen LogP contribution in [0.3, 0.4) is 0 Å². The maximum atomic E-state index is 11.9. The number of carbonyl (C=O) groups is 1. The number of hydrogen-bond donors (Lipinski definition) is 1. The van der Waals surface area contributed by atoms with Crippen LogP contribution in [0.4, 0.5) is 5.69 Å². The van der Waals surface area contributed by atoms with Crippen molar-refractivity contribution in [3.63, 3.8) is 0 Å². The molecule has 0 bridgehead atoms. The summed E-state index contributed by atoms with van der Waals surface area (Å²) in [6.45, 7) is 1.31. The molecule has 0 atom stereocenters. The van der Waals surface area contributed by atoms with Gasteiger partial charge in [0, 0.05) is 22.1 Å². The minimum Gasteiger partial charge on any atom is -0.459 e. The predicted octanol–water partition coefficient (Wildman–Crippen LogP) is 2.21. The zero-order valence-electron chi connectivity index (χ0n) is 9.32. The van der Waals surface area contributed by atoms with Gasteiger partial charge in [-0.25, -0.2) is 4.79 Å². The Morgan fingerprint density at radius 2 is 2.12 bits per heavy atom. The van der Waals surface area contributed by atoms with E-state index in [1.807, 2.05) is 6.07 Å². The standard InChI is InChI=1S/C12H14INO3/c13-8-1-2-11(14)10(7-8)12(15)17-9-3-5-16-6-4-9/h1-2,7,9H,3-6,14H2. The highest BCUT2D eigenvalue weighted by atomic mass is 127. The topological polar surface area (TPSA) is 61.6 Å². The summed E-state index contributed by atoms with van der Waals surface area (Å²) in [5.41, 5.74) is 6.67. The molecule has 0 radical (unpaired) electrons. The van der Waals surface area contributed by atoms with Crippen LogP contribution in [0.2, 0.25) is 0 Å². The second kappa shape index (κ2) is 5.68. The molecule has 1 aliphatic rings. The van der Waals surface area contributed by atoms with Gasteiger partial charge < -0.3 is 15.2 Å².